The smallest absolute Gasteiger partial charge is 0.180 e. The Morgan fingerprint density at radius 3 is 2.69 bits per heavy atom. The molecule has 26 heavy (non-hydrogen) atoms. The van der Waals surface area contributed by atoms with Crippen LogP contribution in [0.4, 0.5) is 0 Å². The summed E-state index contributed by atoms with van der Waals surface area (Å²) in [5.41, 5.74) is 4.47. The fourth-order valence-corrected chi connectivity index (χ4v) is 4.36. The van der Waals surface area contributed by atoms with Crippen molar-refractivity contribution in [3.63, 3.8) is 0 Å². The molecule has 0 saturated heterocycles. The first-order valence-corrected chi connectivity index (χ1v) is 10.6. The number of aromatic amines is 1. The third kappa shape index (κ3) is 2.91. The molecule has 0 unspecified atom stereocenters. The molecule has 0 fully saturated rings. The molecule has 7 heteroatoms. The van der Waals surface area contributed by atoms with Gasteiger partial charge < -0.3 is 4.98 Å². The minimum atomic E-state index is -3.44. The van der Waals surface area contributed by atoms with E-state index in [9.17, 15) is 8.42 Å². The molecule has 4 rings (SSSR count). The van der Waals surface area contributed by atoms with Gasteiger partial charge in [0.25, 0.3) is 0 Å². The summed E-state index contributed by atoms with van der Waals surface area (Å²) in [4.78, 5) is 12.6. The van der Waals surface area contributed by atoms with Crippen LogP contribution < -0.4 is 0 Å². The van der Waals surface area contributed by atoms with Gasteiger partial charge in [-0.1, -0.05) is 28.9 Å². The van der Waals surface area contributed by atoms with Gasteiger partial charge in [0, 0.05) is 16.1 Å². The molecule has 1 aromatic carbocycles. The Balaban J connectivity index is 2.06. The lowest BCUT2D eigenvalue weighted by molar-refractivity contribution is 0.597. The molecule has 0 saturated carbocycles. The standard InChI is InChI=1S/C19H16BrN3O2S/c1-3-26(24,25)18-7-12-4-5-13(20)8-14(12)23-19(18)17-9-15-16(22-17)6-11(2)10-21-15/h4-10,22H,3H2,1-2H3. The van der Waals surface area contributed by atoms with E-state index < -0.39 is 9.84 Å². The van der Waals surface area contributed by atoms with E-state index in [2.05, 4.69) is 30.9 Å². The summed E-state index contributed by atoms with van der Waals surface area (Å²) < 4.78 is 26.3. The zero-order chi connectivity index (χ0) is 18.5. The molecule has 3 aromatic heterocycles. The third-order valence-electron chi connectivity index (χ3n) is 4.32. The molecule has 0 aliphatic heterocycles. The highest BCUT2D eigenvalue weighted by Crippen LogP contribution is 2.32. The molecule has 1 N–H and O–H groups in total. The Morgan fingerprint density at radius 1 is 1.12 bits per heavy atom. The molecule has 132 valence electrons. The van der Waals surface area contributed by atoms with Gasteiger partial charge in [-0.15, -0.1) is 0 Å². The number of aromatic nitrogens is 3. The van der Waals surface area contributed by atoms with E-state index in [0.717, 1.165) is 32.0 Å². The van der Waals surface area contributed by atoms with Crippen LogP contribution in [0.3, 0.4) is 0 Å². The van der Waals surface area contributed by atoms with Gasteiger partial charge >= 0.3 is 0 Å². The van der Waals surface area contributed by atoms with Crippen LogP contribution in [0.25, 0.3) is 33.3 Å². The number of hydrogen-bond acceptors (Lipinski definition) is 4. The predicted molar refractivity (Wildman–Crippen MR) is 107 cm³/mol. The number of hydrogen-bond donors (Lipinski definition) is 1. The topological polar surface area (TPSA) is 75.7 Å². The summed E-state index contributed by atoms with van der Waals surface area (Å²) in [6.07, 6.45) is 1.79. The van der Waals surface area contributed by atoms with E-state index in [-0.39, 0.29) is 10.6 Å². The monoisotopic (exact) mass is 429 g/mol. The minimum Gasteiger partial charge on any atom is -0.352 e. The summed E-state index contributed by atoms with van der Waals surface area (Å²) in [7, 11) is -3.44. The van der Waals surface area contributed by atoms with E-state index in [1.807, 2.05) is 37.3 Å². The lowest BCUT2D eigenvalue weighted by Crippen LogP contribution is -2.07. The third-order valence-corrected chi connectivity index (χ3v) is 6.56. The Hall–Kier alpha value is -2.25. The van der Waals surface area contributed by atoms with Crippen LogP contribution in [-0.4, -0.2) is 29.1 Å². The number of sulfone groups is 1. The number of H-pyrrole nitrogens is 1. The van der Waals surface area contributed by atoms with Crippen molar-refractivity contribution in [2.75, 3.05) is 5.75 Å². The Bertz CT molecular complexity index is 1260. The number of fused-ring (bicyclic) bond motifs is 2. The molecule has 3 heterocycles. The highest BCUT2D eigenvalue weighted by molar-refractivity contribution is 9.10. The van der Waals surface area contributed by atoms with Gasteiger partial charge in [-0.25, -0.2) is 13.4 Å². The van der Waals surface area contributed by atoms with Crippen LogP contribution in [0.2, 0.25) is 0 Å². The van der Waals surface area contributed by atoms with E-state index in [4.69, 9.17) is 0 Å². The second-order valence-electron chi connectivity index (χ2n) is 6.20. The molecule has 0 atom stereocenters. The second kappa shape index (κ2) is 6.17. The van der Waals surface area contributed by atoms with Gasteiger partial charge in [0.05, 0.1) is 32.9 Å². The lowest BCUT2D eigenvalue weighted by atomic mass is 10.2. The number of benzene rings is 1. The summed E-state index contributed by atoms with van der Waals surface area (Å²) in [6, 6.07) is 11.1. The maximum atomic E-state index is 12.7. The summed E-state index contributed by atoms with van der Waals surface area (Å²) in [5.74, 6) is 0.0152. The van der Waals surface area contributed by atoms with Crippen molar-refractivity contribution in [2.45, 2.75) is 18.7 Å². The number of pyridine rings is 2. The van der Waals surface area contributed by atoms with Crippen molar-refractivity contribution in [1.29, 1.82) is 0 Å². The van der Waals surface area contributed by atoms with E-state index in [1.165, 1.54) is 0 Å². The average molecular weight is 430 g/mol. The Labute approximate surface area is 159 Å². The summed E-state index contributed by atoms with van der Waals surface area (Å²) in [5, 5.41) is 0.786. The largest absolute Gasteiger partial charge is 0.352 e. The first kappa shape index (κ1) is 17.2. The van der Waals surface area contributed by atoms with Gasteiger partial charge in [-0.2, -0.15) is 0 Å². The molecule has 0 aliphatic rings. The maximum Gasteiger partial charge on any atom is 0.180 e. The van der Waals surface area contributed by atoms with Gasteiger partial charge in [0.2, 0.25) is 0 Å². The lowest BCUT2D eigenvalue weighted by Gasteiger charge is -2.10. The molecular formula is C19H16BrN3O2S. The molecule has 0 radical (unpaired) electrons. The van der Waals surface area contributed by atoms with E-state index in [0.29, 0.717) is 11.4 Å². The normalized spacial score (nSPS) is 12.1. The first-order chi connectivity index (χ1) is 12.4. The summed E-state index contributed by atoms with van der Waals surface area (Å²) >= 11 is 3.44. The van der Waals surface area contributed by atoms with Crippen molar-refractivity contribution in [1.82, 2.24) is 15.0 Å². The van der Waals surface area contributed by atoms with Crippen molar-refractivity contribution in [3.8, 4) is 11.4 Å². The SMILES string of the molecule is CCS(=O)(=O)c1cc2ccc(Br)cc2nc1-c1cc2ncc(C)cc2[nH]1. The molecule has 0 amide bonds. The predicted octanol–water partition coefficient (Wildman–Crippen LogP) is 4.64. The Kier molecular flexibility index (Phi) is 4.08. The van der Waals surface area contributed by atoms with Crippen LogP contribution in [-0.2, 0) is 9.84 Å². The highest BCUT2D eigenvalue weighted by atomic mass is 79.9. The highest BCUT2D eigenvalue weighted by Gasteiger charge is 2.21. The zero-order valence-corrected chi connectivity index (χ0v) is 16.6. The zero-order valence-electron chi connectivity index (χ0n) is 14.2. The average Bonchev–Trinajstić information content (AvgIpc) is 3.03. The quantitative estimate of drug-likeness (QED) is 0.514. The van der Waals surface area contributed by atoms with E-state index in [1.54, 1.807) is 19.2 Å². The first-order valence-electron chi connectivity index (χ1n) is 8.16. The summed E-state index contributed by atoms with van der Waals surface area (Å²) in [6.45, 7) is 3.60. The van der Waals surface area contributed by atoms with Gasteiger partial charge in [0.1, 0.15) is 5.69 Å². The van der Waals surface area contributed by atoms with Gasteiger partial charge in [-0.3, -0.25) is 4.98 Å². The van der Waals surface area contributed by atoms with E-state index >= 15 is 0 Å². The molecule has 0 aliphatic carbocycles. The van der Waals surface area contributed by atoms with Crippen LogP contribution in [0.1, 0.15) is 12.5 Å². The number of nitrogens with one attached hydrogen (secondary N) is 1. The second-order valence-corrected chi connectivity index (χ2v) is 9.37. The van der Waals surface area contributed by atoms with Crippen molar-refractivity contribution >= 4 is 47.7 Å². The minimum absolute atomic E-state index is 0.0152. The van der Waals surface area contributed by atoms with Crippen LogP contribution in [0, 0.1) is 6.92 Å². The molecule has 4 aromatic rings. The Morgan fingerprint density at radius 2 is 1.92 bits per heavy atom. The maximum absolute atomic E-state index is 12.7. The molecular weight excluding hydrogens is 414 g/mol. The van der Waals surface area contributed by atoms with Crippen molar-refractivity contribution in [3.05, 3.63) is 52.6 Å². The van der Waals surface area contributed by atoms with Crippen molar-refractivity contribution < 1.29 is 8.42 Å². The fourth-order valence-electron chi connectivity index (χ4n) is 2.95. The number of aryl methyl sites for hydroxylation is 1. The van der Waals surface area contributed by atoms with Gasteiger partial charge in [-0.05, 0) is 42.8 Å². The van der Waals surface area contributed by atoms with Crippen LogP contribution in [0.5, 0.6) is 0 Å². The fraction of sp³-hybridized carbons (Fsp3) is 0.158. The number of nitrogens with zero attached hydrogens (tertiary/aromatic N) is 2. The van der Waals surface area contributed by atoms with Crippen LogP contribution in [0.15, 0.2) is 52.0 Å². The molecule has 0 spiro atoms. The number of rotatable bonds is 3. The molecule has 5 nitrogen and oxygen atoms in total. The number of halogens is 1. The van der Waals surface area contributed by atoms with Crippen molar-refractivity contribution in [2.24, 2.45) is 0 Å². The van der Waals surface area contributed by atoms with Crippen LogP contribution >= 0.6 is 15.9 Å². The molecule has 0 bridgehead atoms. The van der Waals surface area contributed by atoms with Gasteiger partial charge in [0.15, 0.2) is 9.84 Å².